The number of hydrogen-bond donors (Lipinski definition) is 0. The van der Waals surface area contributed by atoms with Crippen LogP contribution in [0.1, 0.15) is 82.5 Å². The number of nitrogens with zero attached hydrogens (tertiary/aromatic N) is 2. The van der Waals surface area contributed by atoms with Crippen LogP contribution in [-0.4, -0.2) is 4.57 Å². The Morgan fingerprint density at radius 3 is 2.15 bits per heavy atom. The van der Waals surface area contributed by atoms with E-state index >= 15 is 0 Å². The molecule has 0 aliphatic carbocycles. The Kier molecular flexibility index (Phi) is 10.2. The monoisotopic (exact) mass is 355 g/mol. The first-order valence-corrected chi connectivity index (χ1v) is 10.9. The van der Waals surface area contributed by atoms with Crippen molar-refractivity contribution in [1.82, 2.24) is 4.57 Å². The van der Waals surface area contributed by atoms with Crippen molar-refractivity contribution in [2.75, 3.05) is 0 Å². The van der Waals surface area contributed by atoms with Crippen LogP contribution in [0, 0.1) is 6.92 Å². The fraction of sp³-hybridized carbons (Fsp3) is 0.625. The van der Waals surface area contributed by atoms with Gasteiger partial charge in [0, 0.05) is 6.92 Å². The van der Waals surface area contributed by atoms with E-state index in [-0.39, 0.29) is 0 Å². The predicted octanol–water partition coefficient (Wildman–Crippen LogP) is 6.25. The quantitative estimate of drug-likeness (QED) is 0.280. The van der Waals surface area contributed by atoms with Crippen LogP contribution in [0.25, 0.3) is 0 Å². The molecule has 0 unspecified atom stereocenters. The van der Waals surface area contributed by atoms with Gasteiger partial charge in [0.2, 0.25) is 0 Å². The second kappa shape index (κ2) is 12.7. The Morgan fingerprint density at radius 2 is 1.46 bits per heavy atom. The van der Waals surface area contributed by atoms with Crippen molar-refractivity contribution in [2.24, 2.45) is 0 Å². The third kappa shape index (κ3) is 7.76. The zero-order valence-electron chi connectivity index (χ0n) is 17.1. The molecule has 0 aliphatic heterocycles. The molecule has 2 rings (SSSR count). The zero-order valence-corrected chi connectivity index (χ0v) is 17.1. The van der Waals surface area contributed by atoms with Crippen molar-refractivity contribution in [3.8, 4) is 0 Å². The Morgan fingerprint density at radius 1 is 0.808 bits per heavy atom. The lowest BCUT2D eigenvalue weighted by molar-refractivity contribution is -0.702. The van der Waals surface area contributed by atoms with E-state index in [0.717, 1.165) is 13.0 Å². The molecule has 0 spiro atoms. The van der Waals surface area contributed by atoms with Gasteiger partial charge in [-0.1, -0.05) is 82.2 Å². The summed E-state index contributed by atoms with van der Waals surface area (Å²) in [6.45, 7) is 6.84. The fourth-order valence-electron chi connectivity index (χ4n) is 3.71. The zero-order chi connectivity index (χ0) is 18.5. The molecule has 0 saturated carbocycles. The van der Waals surface area contributed by atoms with Crippen LogP contribution in [0.4, 0.5) is 0 Å². The van der Waals surface area contributed by atoms with Gasteiger partial charge in [-0.3, -0.25) is 0 Å². The Labute approximate surface area is 161 Å². The van der Waals surface area contributed by atoms with Gasteiger partial charge in [0.1, 0.15) is 12.4 Å². The van der Waals surface area contributed by atoms with E-state index in [1.807, 2.05) is 0 Å². The number of aromatic nitrogens is 2. The minimum Gasteiger partial charge on any atom is -0.234 e. The summed E-state index contributed by atoms with van der Waals surface area (Å²) in [6, 6.07) is 10.8. The summed E-state index contributed by atoms with van der Waals surface area (Å²) in [5, 5.41) is 0. The molecule has 0 aliphatic rings. The highest BCUT2D eigenvalue weighted by atomic mass is 15.1. The smallest absolute Gasteiger partial charge is 0.234 e. The van der Waals surface area contributed by atoms with E-state index in [2.05, 4.69) is 65.7 Å². The van der Waals surface area contributed by atoms with Crippen LogP contribution < -0.4 is 4.57 Å². The van der Waals surface area contributed by atoms with Gasteiger partial charge in [0.15, 0.2) is 0 Å². The summed E-state index contributed by atoms with van der Waals surface area (Å²) in [5.41, 5.74) is 1.44. The van der Waals surface area contributed by atoms with E-state index in [0.29, 0.717) is 0 Å². The molecule has 2 nitrogen and oxygen atoms in total. The molecular formula is C24H39N2+. The third-order valence-corrected chi connectivity index (χ3v) is 5.47. The number of hydrogen-bond acceptors (Lipinski definition) is 0. The van der Waals surface area contributed by atoms with Crippen molar-refractivity contribution in [2.45, 2.75) is 97.6 Å². The van der Waals surface area contributed by atoms with E-state index in [9.17, 15) is 0 Å². The van der Waals surface area contributed by atoms with Crippen molar-refractivity contribution in [3.05, 3.63) is 54.1 Å². The lowest BCUT2D eigenvalue weighted by Gasteiger charge is -2.03. The van der Waals surface area contributed by atoms with Crippen LogP contribution >= 0.6 is 0 Å². The third-order valence-electron chi connectivity index (χ3n) is 5.47. The average Bonchev–Trinajstić information content (AvgIpc) is 3.01. The molecule has 144 valence electrons. The highest BCUT2D eigenvalue weighted by molar-refractivity contribution is 5.14. The number of rotatable bonds is 14. The van der Waals surface area contributed by atoms with Gasteiger partial charge < -0.3 is 0 Å². The van der Waals surface area contributed by atoms with Crippen LogP contribution in [-0.2, 0) is 19.5 Å². The average molecular weight is 356 g/mol. The maximum absolute atomic E-state index is 2.43. The van der Waals surface area contributed by atoms with Gasteiger partial charge in [-0.2, -0.15) is 0 Å². The van der Waals surface area contributed by atoms with Crippen molar-refractivity contribution < 1.29 is 4.57 Å². The first kappa shape index (κ1) is 20.7. The molecule has 26 heavy (non-hydrogen) atoms. The normalized spacial score (nSPS) is 11.2. The Balaban J connectivity index is 1.58. The van der Waals surface area contributed by atoms with E-state index in [1.54, 1.807) is 0 Å². The summed E-state index contributed by atoms with van der Waals surface area (Å²) >= 11 is 0. The largest absolute Gasteiger partial charge is 0.253 e. The standard InChI is InChI=1S/C24H39N2/c1-3-4-5-6-7-8-9-10-14-19-25-21-22-26(23(25)2)20-15-18-24-16-12-11-13-17-24/h11-13,16-17,21-22H,3-10,14-15,18-20H2,1-2H3/q+1. The van der Waals surface area contributed by atoms with Crippen LogP contribution in [0.5, 0.6) is 0 Å². The molecular weight excluding hydrogens is 316 g/mol. The molecule has 1 heterocycles. The van der Waals surface area contributed by atoms with Crippen molar-refractivity contribution in [1.29, 1.82) is 0 Å². The minimum absolute atomic E-state index is 1.12. The highest BCUT2D eigenvalue weighted by Crippen LogP contribution is 2.10. The number of benzene rings is 1. The second-order valence-corrected chi connectivity index (χ2v) is 7.65. The topological polar surface area (TPSA) is 8.81 Å². The van der Waals surface area contributed by atoms with Crippen molar-refractivity contribution in [3.63, 3.8) is 0 Å². The maximum atomic E-state index is 2.43. The van der Waals surface area contributed by atoms with E-state index < -0.39 is 0 Å². The molecule has 0 N–H and O–H groups in total. The number of imidazole rings is 1. The summed E-state index contributed by atoms with van der Waals surface area (Å²) in [7, 11) is 0. The fourth-order valence-corrected chi connectivity index (χ4v) is 3.71. The molecule has 2 aromatic rings. The Hall–Kier alpha value is -1.57. The molecule has 0 saturated heterocycles. The van der Waals surface area contributed by atoms with E-state index in [1.165, 1.54) is 82.1 Å². The summed E-state index contributed by atoms with van der Waals surface area (Å²) in [4.78, 5) is 0. The first-order valence-electron chi connectivity index (χ1n) is 10.9. The predicted molar refractivity (Wildman–Crippen MR) is 111 cm³/mol. The van der Waals surface area contributed by atoms with Crippen molar-refractivity contribution >= 4 is 0 Å². The molecule has 0 amide bonds. The minimum atomic E-state index is 1.12. The highest BCUT2D eigenvalue weighted by Gasteiger charge is 2.11. The lowest BCUT2D eigenvalue weighted by Crippen LogP contribution is -2.35. The molecule has 0 fully saturated rings. The van der Waals surface area contributed by atoms with Gasteiger partial charge in [-0.05, 0) is 31.2 Å². The molecule has 1 aromatic carbocycles. The molecule has 0 radical (unpaired) electrons. The van der Waals surface area contributed by atoms with Gasteiger partial charge in [-0.15, -0.1) is 0 Å². The first-order chi connectivity index (χ1) is 12.8. The van der Waals surface area contributed by atoms with Crippen LogP contribution in [0.2, 0.25) is 0 Å². The maximum Gasteiger partial charge on any atom is 0.253 e. The number of aryl methyl sites for hydroxylation is 3. The summed E-state index contributed by atoms with van der Waals surface area (Å²) in [6.07, 6.45) is 19.5. The van der Waals surface area contributed by atoms with Crippen LogP contribution in [0.3, 0.4) is 0 Å². The summed E-state index contributed by atoms with van der Waals surface area (Å²) in [5.74, 6) is 1.40. The van der Waals surface area contributed by atoms with Crippen LogP contribution in [0.15, 0.2) is 42.7 Å². The Bertz CT molecular complexity index is 586. The molecule has 0 atom stereocenters. The van der Waals surface area contributed by atoms with E-state index in [4.69, 9.17) is 0 Å². The lowest BCUT2D eigenvalue weighted by atomic mass is 10.1. The summed E-state index contributed by atoms with van der Waals surface area (Å²) < 4.78 is 4.85. The second-order valence-electron chi connectivity index (χ2n) is 7.65. The van der Waals surface area contributed by atoms with Gasteiger partial charge in [0.05, 0.1) is 13.1 Å². The SMILES string of the molecule is CCCCCCCCCCCn1cc[n+](CCCc2ccccc2)c1C. The molecule has 2 heteroatoms. The van der Waals surface area contributed by atoms with Gasteiger partial charge in [-0.25, -0.2) is 9.13 Å². The van der Waals surface area contributed by atoms with Gasteiger partial charge >= 0.3 is 0 Å². The van der Waals surface area contributed by atoms with Gasteiger partial charge in [0.25, 0.3) is 5.82 Å². The molecule has 1 aromatic heterocycles. The molecule has 0 bridgehead atoms. The number of unbranched alkanes of at least 4 members (excludes halogenated alkanes) is 8.